The summed E-state index contributed by atoms with van der Waals surface area (Å²) >= 11 is 21.7. The van der Waals surface area contributed by atoms with E-state index in [4.69, 9.17) is 72.5 Å². The number of halogens is 1. The number of H-pyrrole nitrogens is 2. The molecule has 0 saturated carbocycles. The van der Waals surface area contributed by atoms with Crippen LogP contribution in [0.25, 0.3) is 66.1 Å². The van der Waals surface area contributed by atoms with Gasteiger partial charge in [0, 0.05) is 163 Å². The molecule has 0 unspecified atom stereocenters. The van der Waals surface area contributed by atoms with Crippen LogP contribution in [-0.4, -0.2) is 60.9 Å². The molecule has 0 spiro atoms. The van der Waals surface area contributed by atoms with Gasteiger partial charge in [-0.25, -0.2) is 19.9 Å². The van der Waals surface area contributed by atoms with E-state index in [1.165, 1.54) is 28.9 Å². The van der Waals surface area contributed by atoms with Crippen LogP contribution in [0, 0.1) is 41.5 Å². The quantitative estimate of drug-likeness (QED) is 0.0346. The van der Waals surface area contributed by atoms with Crippen molar-refractivity contribution >= 4 is 206 Å². The van der Waals surface area contributed by atoms with Crippen LogP contribution in [0.5, 0.6) is 11.5 Å². The topological polar surface area (TPSA) is 203 Å². The van der Waals surface area contributed by atoms with E-state index in [-0.39, 0.29) is 129 Å². The van der Waals surface area contributed by atoms with E-state index < -0.39 is 0 Å². The molecule has 0 saturated heterocycles. The normalized spacial score (nSPS) is 10.4. The minimum absolute atomic E-state index is 0. The largest absolute Gasteiger partial charge is 1.00 e. The Balaban J connectivity index is 0.000000430. The average Bonchev–Trinajstić information content (AvgIpc) is 1.67. The van der Waals surface area contributed by atoms with Gasteiger partial charge in [0.05, 0.1) is 47.5 Å². The van der Waals surface area contributed by atoms with Crippen molar-refractivity contribution in [2.75, 3.05) is 14.2 Å². The zero-order chi connectivity index (χ0) is 62.9. The zero-order valence-electron chi connectivity index (χ0n) is 51.6. The molecule has 10 rings (SSSR count). The molecule has 0 fully saturated rings. The Morgan fingerprint density at radius 3 is 1.43 bits per heavy atom. The molecule has 2 N–H and O–H groups in total. The van der Waals surface area contributed by atoms with Crippen molar-refractivity contribution in [3.8, 4) is 33.8 Å². The fourth-order valence-electron chi connectivity index (χ4n) is 8.53. The number of hydrogen-bond acceptors (Lipinski definition) is 17. The van der Waals surface area contributed by atoms with E-state index in [2.05, 4.69) is 138 Å². The van der Waals surface area contributed by atoms with E-state index in [0.717, 1.165) is 116 Å². The Hall–Kier alpha value is -0.787. The number of aryl methyl sites for hydroxylation is 6. The first-order valence-electron chi connectivity index (χ1n) is 25.1. The smallest absolute Gasteiger partial charge is 1.00 e. The molecule has 0 amide bonds. The number of nitrogens with zero attached hydrogens (tertiary/aromatic N) is 6. The van der Waals surface area contributed by atoms with E-state index in [1.807, 2.05) is 65.8 Å². The molecule has 15 nitrogen and oxygen atoms in total. The Morgan fingerprint density at radius 1 is 0.618 bits per heavy atom. The molecule has 0 bridgehead atoms. The van der Waals surface area contributed by atoms with Crippen molar-refractivity contribution < 1.29 is 138 Å². The third kappa shape index (κ3) is 23.5. The number of aromatic amines is 2. The van der Waals surface area contributed by atoms with Gasteiger partial charge in [0.15, 0.2) is 0 Å². The van der Waals surface area contributed by atoms with Crippen molar-refractivity contribution in [3.05, 3.63) is 124 Å². The number of benzene rings is 4. The first-order valence-corrected chi connectivity index (χ1v) is 42.8. The number of ether oxygens (including phenoxy) is 2. The van der Waals surface area contributed by atoms with Crippen LogP contribution in [0.15, 0.2) is 96.7 Å². The van der Waals surface area contributed by atoms with E-state index in [1.54, 1.807) is 106 Å². The second-order valence-electron chi connectivity index (χ2n) is 20.1. The number of hydrogen-bond donors (Lipinski definition) is 3. The number of fused-ring (bicyclic) bond motifs is 6. The van der Waals surface area contributed by atoms with Crippen LogP contribution in [0.4, 0.5) is 0 Å². The van der Waals surface area contributed by atoms with Crippen molar-refractivity contribution in [3.63, 3.8) is 0 Å². The second-order valence-corrected chi connectivity index (χ2v) is 41.4. The van der Waals surface area contributed by atoms with Crippen molar-refractivity contribution in [1.29, 1.82) is 0 Å². The molecule has 33 heteroatoms. The molecule has 10 aromatic rings. The molecule has 0 aliphatic rings. The zero-order valence-corrected chi connectivity index (χ0v) is 69.9. The van der Waals surface area contributed by atoms with Crippen molar-refractivity contribution in [1.82, 2.24) is 40.2 Å². The van der Waals surface area contributed by atoms with Gasteiger partial charge in [-0.15, -0.1) is 12.6 Å². The molecular weight excluding hydrogens is 1490 g/mol. The Bertz CT molecular complexity index is 4570. The molecule has 6 aromatic heterocycles. The predicted octanol–water partition coefficient (Wildman–Crippen LogP) is 7.93. The average molecular weight is 1550 g/mol. The van der Waals surface area contributed by atoms with Gasteiger partial charge >= 0.3 is 103 Å². The summed E-state index contributed by atoms with van der Waals surface area (Å²) in [5.74, 6) is 4.33. The number of methoxy groups -OCH3 is 2. The van der Waals surface area contributed by atoms with Gasteiger partial charge in [-0.05, 0) is 112 Å². The SMILES string of the molecule is C.CC(C)(C)c1cccc(S)c1.COc1cc2c(cc1-c1c(C)noc1C)[nH]c1nc(C)nc(Cl)c12.COc1cc2c(cc1-c1c(C)noc1C)[nH]c1nc(C)nc(Sc3cccc(C(C)(C)C)c3)c12.O=CO[O-].S=S=S=S=S=S=S=S=S=S=S=S=S.[H-].[K+].[K+]. The summed E-state index contributed by atoms with van der Waals surface area (Å²) in [4.78, 5) is 38.5. The standard InChI is InChI=1S/C27H28N4O2S.C17H15ClN4O2.C10H14S.CH2O3.CH4.2K.S13.H/c1-14-23(15(2)33-31-14)20-12-21-19(13-22(20)32-7)24-25(30-21)28-16(3)29-26(24)34-18-10-8-9-17(11-18)27(4,5)6;1-7-14(8(2)24-22-7)11-5-12-10(6-13(11)23-4)15-16(18)19-9(3)20-17(15)21-12;1-10(2,3)8-5-4-6-9(11)7-8;2-1-4-3;;;;1-3-5-7-9-11-13-12-10-8-6-4-2;/h8-13H,1-7H3,(H,28,29,30);5-6H,1-4H3,(H,19,20,21);4-7,11H,1-3H3;1,3H;1H4;;;;/q;;;;;2*+1;;-1/p-1. The minimum atomic E-state index is -0.181. The molecular formula is C56H63ClK2N8O7S15. The van der Waals surface area contributed by atoms with Crippen LogP contribution < -0.4 is 118 Å². The van der Waals surface area contributed by atoms with Crippen LogP contribution in [0.1, 0.15) is 96.1 Å². The van der Waals surface area contributed by atoms with Crippen LogP contribution >= 0.6 is 36.0 Å². The first-order chi connectivity index (χ1) is 41.0. The molecule has 0 atom stereocenters. The summed E-state index contributed by atoms with van der Waals surface area (Å²) in [6.07, 6.45) is 0. The maximum Gasteiger partial charge on any atom is 1.00 e. The van der Waals surface area contributed by atoms with Gasteiger partial charge in [-0.2, -0.15) is 0 Å². The number of nitrogens with one attached hydrogen (secondary N) is 2. The predicted molar refractivity (Wildman–Crippen MR) is 393 cm³/mol. The van der Waals surface area contributed by atoms with Gasteiger partial charge in [0.25, 0.3) is 6.47 Å². The molecule has 0 aliphatic carbocycles. The van der Waals surface area contributed by atoms with Gasteiger partial charge < -0.3 is 40.1 Å². The van der Waals surface area contributed by atoms with Crippen molar-refractivity contribution in [2.24, 2.45) is 0 Å². The molecule has 4 aromatic carbocycles. The molecule has 0 aliphatic heterocycles. The second kappa shape index (κ2) is 40.1. The molecule has 0 radical (unpaired) electrons. The third-order valence-electron chi connectivity index (χ3n) is 12.2. The van der Waals surface area contributed by atoms with Crippen LogP contribution in [-0.2, 0) is 141 Å². The number of carbonyl (C=O) groups excluding carboxylic acids is 1. The summed E-state index contributed by atoms with van der Waals surface area (Å²) in [6, 6.07) is 25.1. The fraction of sp³-hybridized carbons (Fsp3) is 0.304. The van der Waals surface area contributed by atoms with Gasteiger partial charge in [0.1, 0.15) is 56.1 Å². The van der Waals surface area contributed by atoms with Crippen LogP contribution in [0.3, 0.4) is 0 Å². The van der Waals surface area contributed by atoms with E-state index in [0.29, 0.717) is 16.6 Å². The number of aromatic nitrogens is 8. The summed E-state index contributed by atoms with van der Waals surface area (Å²) < 4.78 is 22.1. The summed E-state index contributed by atoms with van der Waals surface area (Å²) in [7, 11) is 21.4. The Kier molecular flexibility index (Phi) is 37.1. The summed E-state index contributed by atoms with van der Waals surface area (Å²) in [6.45, 7) is 24.5. The monoisotopic (exact) mass is 1550 g/mol. The van der Waals surface area contributed by atoms with Crippen LogP contribution in [0.2, 0.25) is 5.15 Å². The summed E-state index contributed by atoms with van der Waals surface area (Å²) in [5.41, 5.74) is 11.7. The fourth-order valence-corrected chi connectivity index (χ4v) is 34.8. The van der Waals surface area contributed by atoms with E-state index >= 15 is 0 Å². The molecule has 6 heterocycles. The van der Waals surface area contributed by atoms with Crippen molar-refractivity contribution in [2.45, 2.75) is 116 Å². The Labute approximate surface area is 661 Å². The number of thiol groups is 1. The van der Waals surface area contributed by atoms with E-state index in [9.17, 15) is 0 Å². The molecule has 468 valence electrons. The maximum atomic E-state index is 8.64. The van der Waals surface area contributed by atoms with Gasteiger partial charge in [-0.1, -0.05) is 107 Å². The first kappa shape index (κ1) is 82.4. The Morgan fingerprint density at radius 2 is 1.03 bits per heavy atom. The number of carbonyl (C=O) groups is 1. The summed E-state index contributed by atoms with van der Waals surface area (Å²) in [5, 5.41) is 21.7. The van der Waals surface area contributed by atoms with Gasteiger partial charge in [0.2, 0.25) is 0 Å². The third-order valence-corrected chi connectivity index (χ3v) is 36.0. The molecule has 89 heavy (non-hydrogen) atoms. The number of rotatable bonds is 7. The maximum absolute atomic E-state index is 8.64. The minimum Gasteiger partial charge on any atom is -1.00 e. The van der Waals surface area contributed by atoms with Gasteiger partial charge in [-0.3, -0.25) is 4.79 Å².